The quantitative estimate of drug-likeness (QED) is 0.792. The molecule has 2 aromatic heterocycles. The Bertz CT molecular complexity index is 447. The van der Waals surface area contributed by atoms with Gasteiger partial charge in [0.15, 0.2) is 5.95 Å². The number of aromatic amines is 1. The van der Waals surface area contributed by atoms with Crippen molar-refractivity contribution in [2.24, 2.45) is 0 Å². The van der Waals surface area contributed by atoms with Crippen LogP contribution in [0.4, 0.5) is 5.95 Å². The summed E-state index contributed by atoms with van der Waals surface area (Å²) in [6.45, 7) is 2.05. The molecule has 4 heteroatoms. The van der Waals surface area contributed by atoms with Crippen molar-refractivity contribution in [1.29, 1.82) is 0 Å². The van der Waals surface area contributed by atoms with E-state index in [1.165, 1.54) is 11.1 Å². The molecule has 0 saturated heterocycles. The van der Waals surface area contributed by atoms with Crippen LogP contribution in [0.15, 0.2) is 24.7 Å². The fraction of sp³-hybridized carbons (Fsp3) is 0.273. The highest BCUT2D eigenvalue weighted by molar-refractivity contribution is 5.21. The molecule has 0 aliphatic carbocycles. The fourth-order valence-electron chi connectivity index (χ4n) is 1.54. The maximum atomic E-state index is 5.49. The molecule has 0 saturated carbocycles. The van der Waals surface area contributed by atoms with Crippen LogP contribution >= 0.6 is 0 Å². The molecule has 15 heavy (non-hydrogen) atoms. The molecule has 2 aromatic rings. The SMILES string of the molecule is Cc1cncc(CCc2cnc(N)[nH]2)c1. The van der Waals surface area contributed by atoms with Gasteiger partial charge in [0.25, 0.3) is 0 Å². The van der Waals surface area contributed by atoms with Crippen LogP contribution in [0.1, 0.15) is 16.8 Å². The largest absolute Gasteiger partial charge is 0.369 e. The third-order valence-electron chi connectivity index (χ3n) is 2.26. The minimum Gasteiger partial charge on any atom is -0.369 e. The molecule has 0 amide bonds. The fourth-order valence-corrected chi connectivity index (χ4v) is 1.54. The molecule has 0 unspecified atom stereocenters. The summed E-state index contributed by atoms with van der Waals surface area (Å²) in [4.78, 5) is 11.1. The average Bonchev–Trinajstić information content (AvgIpc) is 2.62. The lowest BCUT2D eigenvalue weighted by Crippen LogP contribution is -1.94. The lowest BCUT2D eigenvalue weighted by molar-refractivity contribution is 0.916. The molecule has 3 N–H and O–H groups in total. The topological polar surface area (TPSA) is 67.6 Å². The van der Waals surface area contributed by atoms with E-state index in [9.17, 15) is 0 Å². The van der Waals surface area contributed by atoms with Gasteiger partial charge in [-0.3, -0.25) is 4.98 Å². The number of nitrogens with zero attached hydrogens (tertiary/aromatic N) is 2. The normalized spacial score (nSPS) is 10.5. The number of hydrogen-bond acceptors (Lipinski definition) is 3. The molecule has 0 atom stereocenters. The van der Waals surface area contributed by atoms with E-state index < -0.39 is 0 Å². The first-order chi connectivity index (χ1) is 7.24. The molecule has 0 spiro atoms. The number of nitrogens with two attached hydrogens (primary N) is 1. The summed E-state index contributed by atoms with van der Waals surface area (Å²) in [5.41, 5.74) is 8.99. The van der Waals surface area contributed by atoms with Gasteiger partial charge in [0.2, 0.25) is 0 Å². The highest BCUT2D eigenvalue weighted by Gasteiger charge is 1.99. The molecule has 0 bridgehead atoms. The number of rotatable bonds is 3. The number of imidazole rings is 1. The van der Waals surface area contributed by atoms with Crippen LogP contribution in [0.3, 0.4) is 0 Å². The standard InChI is InChI=1S/C11H14N4/c1-8-4-9(6-13-5-8)2-3-10-7-14-11(12)15-10/h4-7H,2-3H2,1H3,(H3,12,14,15). The minimum absolute atomic E-state index is 0.479. The van der Waals surface area contributed by atoms with Crippen LogP contribution in [-0.4, -0.2) is 15.0 Å². The van der Waals surface area contributed by atoms with E-state index in [2.05, 4.69) is 21.0 Å². The maximum absolute atomic E-state index is 5.49. The Morgan fingerprint density at radius 1 is 1.27 bits per heavy atom. The Morgan fingerprint density at radius 2 is 2.13 bits per heavy atom. The van der Waals surface area contributed by atoms with Crippen molar-refractivity contribution in [3.8, 4) is 0 Å². The lowest BCUT2D eigenvalue weighted by atomic mass is 10.1. The van der Waals surface area contributed by atoms with Crippen LogP contribution < -0.4 is 5.73 Å². The first-order valence-corrected chi connectivity index (χ1v) is 4.94. The van der Waals surface area contributed by atoms with Gasteiger partial charge in [0, 0.05) is 18.1 Å². The molecule has 2 rings (SSSR count). The third-order valence-corrected chi connectivity index (χ3v) is 2.26. The van der Waals surface area contributed by atoms with Gasteiger partial charge >= 0.3 is 0 Å². The van der Waals surface area contributed by atoms with E-state index in [-0.39, 0.29) is 0 Å². The molecule has 0 aliphatic rings. The lowest BCUT2D eigenvalue weighted by Gasteiger charge is -2.00. The molecule has 0 radical (unpaired) electrons. The third kappa shape index (κ3) is 2.56. The Morgan fingerprint density at radius 3 is 2.80 bits per heavy atom. The van der Waals surface area contributed by atoms with E-state index in [4.69, 9.17) is 5.73 Å². The first-order valence-electron chi connectivity index (χ1n) is 4.94. The van der Waals surface area contributed by atoms with Gasteiger partial charge < -0.3 is 10.7 Å². The predicted octanol–water partition coefficient (Wildman–Crippen LogP) is 1.48. The van der Waals surface area contributed by atoms with Crippen LogP contribution in [-0.2, 0) is 12.8 Å². The molecule has 0 fully saturated rings. The van der Waals surface area contributed by atoms with Crippen molar-refractivity contribution in [2.45, 2.75) is 19.8 Å². The highest BCUT2D eigenvalue weighted by Crippen LogP contribution is 2.07. The zero-order chi connectivity index (χ0) is 10.7. The molecule has 4 nitrogen and oxygen atoms in total. The number of nitrogen functional groups attached to an aromatic ring is 1. The van der Waals surface area contributed by atoms with Gasteiger partial charge in [-0.25, -0.2) is 4.98 Å². The van der Waals surface area contributed by atoms with Gasteiger partial charge in [0.1, 0.15) is 0 Å². The highest BCUT2D eigenvalue weighted by atomic mass is 15.0. The molecular weight excluding hydrogens is 188 g/mol. The van der Waals surface area contributed by atoms with E-state index in [1.54, 1.807) is 6.20 Å². The summed E-state index contributed by atoms with van der Waals surface area (Å²) < 4.78 is 0. The number of anilines is 1. The Hall–Kier alpha value is -1.84. The number of aromatic nitrogens is 3. The van der Waals surface area contributed by atoms with Gasteiger partial charge in [-0.2, -0.15) is 0 Å². The Kier molecular flexibility index (Phi) is 2.67. The van der Waals surface area contributed by atoms with Crippen LogP contribution in [0.5, 0.6) is 0 Å². The van der Waals surface area contributed by atoms with Crippen molar-refractivity contribution >= 4 is 5.95 Å². The monoisotopic (exact) mass is 202 g/mol. The van der Waals surface area contributed by atoms with Crippen molar-refractivity contribution in [1.82, 2.24) is 15.0 Å². The maximum Gasteiger partial charge on any atom is 0.197 e. The molecule has 78 valence electrons. The molecule has 0 aliphatic heterocycles. The van der Waals surface area contributed by atoms with Crippen molar-refractivity contribution in [3.05, 3.63) is 41.5 Å². The van der Waals surface area contributed by atoms with Gasteiger partial charge in [-0.1, -0.05) is 6.07 Å². The predicted molar refractivity (Wildman–Crippen MR) is 59.4 cm³/mol. The summed E-state index contributed by atoms with van der Waals surface area (Å²) in [5, 5.41) is 0. The van der Waals surface area contributed by atoms with Crippen LogP contribution in [0.25, 0.3) is 0 Å². The van der Waals surface area contributed by atoms with E-state index >= 15 is 0 Å². The van der Waals surface area contributed by atoms with Gasteiger partial charge in [0.05, 0.1) is 6.20 Å². The smallest absolute Gasteiger partial charge is 0.197 e. The molecular formula is C11H14N4. The van der Waals surface area contributed by atoms with Crippen LogP contribution in [0, 0.1) is 6.92 Å². The zero-order valence-corrected chi connectivity index (χ0v) is 8.70. The Balaban J connectivity index is 1.99. The summed E-state index contributed by atoms with van der Waals surface area (Å²) in [6, 6.07) is 2.15. The first kappa shape index (κ1) is 9.71. The second-order valence-corrected chi connectivity index (χ2v) is 3.66. The average molecular weight is 202 g/mol. The summed E-state index contributed by atoms with van der Waals surface area (Å²) >= 11 is 0. The second kappa shape index (κ2) is 4.13. The van der Waals surface area contributed by atoms with E-state index in [0.717, 1.165) is 18.5 Å². The van der Waals surface area contributed by atoms with Crippen molar-refractivity contribution < 1.29 is 0 Å². The zero-order valence-electron chi connectivity index (χ0n) is 8.70. The van der Waals surface area contributed by atoms with E-state index in [1.807, 2.05) is 19.3 Å². The van der Waals surface area contributed by atoms with E-state index in [0.29, 0.717) is 5.95 Å². The molecule has 0 aromatic carbocycles. The summed E-state index contributed by atoms with van der Waals surface area (Å²) in [7, 11) is 0. The Labute approximate surface area is 88.6 Å². The summed E-state index contributed by atoms with van der Waals surface area (Å²) in [6.07, 6.45) is 7.40. The summed E-state index contributed by atoms with van der Waals surface area (Å²) in [5.74, 6) is 0.479. The number of pyridine rings is 1. The number of hydrogen-bond donors (Lipinski definition) is 2. The van der Waals surface area contributed by atoms with Crippen molar-refractivity contribution in [3.63, 3.8) is 0 Å². The number of nitrogens with one attached hydrogen (secondary N) is 1. The number of H-pyrrole nitrogens is 1. The van der Waals surface area contributed by atoms with Gasteiger partial charge in [-0.05, 0) is 30.9 Å². The molecule has 2 heterocycles. The second-order valence-electron chi connectivity index (χ2n) is 3.66. The van der Waals surface area contributed by atoms with Crippen LogP contribution in [0.2, 0.25) is 0 Å². The minimum atomic E-state index is 0.479. The van der Waals surface area contributed by atoms with Crippen molar-refractivity contribution in [2.75, 3.05) is 5.73 Å². The van der Waals surface area contributed by atoms with Gasteiger partial charge in [-0.15, -0.1) is 0 Å². The number of aryl methyl sites for hydroxylation is 3.